The zero-order chi connectivity index (χ0) is 23.8. The van der Waals surface area contributed by atoms with Crippen LogP contribution in [0.1, 0.15) is 53.4 Å². The molecule has 2 aliphatic heterocycles. The standard InChI is InChI=1S/C22H26Br2O8/c1-5-7-15(29-11(3)25)13-9-21(31-19(13)27)17(23)18(24)22(21)10-14(20(28)32-22)16(8-6-2)30-12(4)26/h9-10,15-18H,5-8H2,1-4H3/t15-,16+,17-,18-,21+,22+/m0/s1. The lowest BCUT2D eigenvalue weighted by Crippen LogP contribution is -2.77. The van der Waals surface area contributed by atoms with Crippen LogP contribution in [0, 0.1) is 0 Å². The maximum absolute atomic E-state index is 12.9. The molecule has 32 heavy (non-hydrogen) atoms. The summed E-state index contributed by atoms with van der Waals surface area (Å²) in [5.41, 5.74) is -2.23. The van der Waals surface area contributed by atoms with Gasteiger partial charge in [-0.1, -0.05) is 58.5 Å². The summed E-state index contributed by atoms with van der Waals surface area (Å²) in [6.07, 6.45) is 3.93. The van der Waals surface area contributed by atoms with Gasteiger partial charge >= 0.3 is 23.9 Å². The molecule has 0 bridgehead atoms. The summed E-state index contributed by atoms with van der Waals surface area (Å²) in [6, 6.07) is 0. The molecular formula is C22H26Br2O8. The van der Waals surface area contributed by atoms with Crippen LogP contribution in [0.5, 0.6) is 0 Å². The number of carbonyl (C=O) groups excluding carboxylic acids is 4. The minimum Gasteiger partial charge on any atom is -0.457 e. The van der Waals surface area contributed by atoms with Crippen molar-refractivity contribution in [3.63, 3.8) is 0 Å². The molecule has 0 aromatic rings. The van der Waals surface area contributed by atoms with E-state index in [1.165, 1.54) is 13.8 Å². The minimum atomic E-state index is -1.33. The number of rotatable bonds is 8. The SMILES string of the molecule is CCC[C@H](OC(C)=O)C1=C[C@@]2(OC1=O)[C@@H](Br)[C@H](Br)[C@]21C=C([C@@H](CCC)OC(C)=O)C(=O)O1. The van der Waals surface area contributed by atoms with Gasteiger partial charge in [0.1, 0.15) is 12.2 Å². The highest BCUT2D eigenvalue weighted by molar-refractivity contribution is 9.12. The second-order valence-electron chi connectivity index (χ2n) is 8.14. The van der Waals surface area contributed by atoms with E-state index >= 15 is 0 Å². The Morgan fingerprint density at radius 1 is 0.875 bits per heavy atom. The highest BCUT2D eigenvalue weighted by Crippen LogP contribution is 2.62. The highest BCUT2D eigenvalue weighted by atomic mass is 79.9. The number of ether oxygens (including phenoxy) is 4. The highest BCUT2D eigenvalue weighted by Gasteiger charge is 2.78. The summed E-state index contributed by atoms with van der Waals surface area (Å²) in [6.45, 7) is 6.39. The molecule has 3 rings (SSSR count). The van der Waals surface area contributed by atoms with Gasteiger partial charge in [0, 0.05) is 13.8 Å². The van der Waals surface area contributed by atoms with Gasteiger partial charge in [0.25, 0.3) is 0 Å². The molecule has 176 valence electrons. The first kappa shape index (κ1) is 25.0. The van der Waals surface area contributed by atoms with Gasteiger partial charge in [-0.2, -0.15) is 0 Å². The van der Waals surface area contributed by atoms with Gasteiger partial charge in [-0.05, 0) is 25.0 Å². The molecule has 2 heterocycles. The van der Waals surface area contributed by atoms with E-state index < -0.39 is 56.9 Å². The van der Waals surface area contributed by atoms with Crippen LogP contribution in [0.15, 0.2) is 23.3 Å². The monoisotopic (exact) mass is 576 g/mol. The van der Waals surface area contributed by atoms with Crippen molar-refractivity contribution in [2.24, 2.45) is 0 Å². The Labute approximate surface area is 203 Å². The summed E-state index contributed by atoms with van der Waals surface area (Å²) in [4.78, 5) is 48.1. The molecule has 8 nitrogen and oxygen atoms in total. The number of halogens is 2. The first-order valence-corrected chi connectivity index (χ1v) is 12.4. The van der Waals surface area contributed by atoms with Crippen molar-refractivity contribution in [3.8, 4) is 0 Å². The number of fused-ring (bicyclic) bond motifs is 1. The molecule has 0 amide bonds. The normalized spacial score (nSPS) is 32.6. The number of hydrogen-bond donors (Lipinski definition) is 0. The predicted molar refractivity (Wildman–Crippen MR) is 120 cm³/mol. The van der Waals surface area contributed by atoms with E-state index in [-0.39, 0.29) is 11.1 Å². The van der Waals surface area contributed by atoms with Gasteiger partial charge < -0.3 is 18.9 Å². The van der Waals surface area contributed by atoms with Crippen molar-refractivity contribution in [1.82, 2.24) is 0 Å². The van der Waals surface area contributed by atoms with Crippen LogP contribution >= 0.6 is 31.9 Å². The zero-order valence-corrected chi connectivity index (χ0v) is 21.5. The third-order valence-electron chi connectivity index (χ3n) is 5.83. The molecule has 0 N–H and O–H groups in total. The molecule has 3 aliphatic rings. The van der Waals surface area contributed by atoms with Crippen molar-refractivity contribution in [3.05, 3.63) is 23.3 Å². The summed E-state index contributed by atoms with van der Waals surface area (Å²) in [7, 11) is 0. The first-order chi connectivity index (χ1) is 15.0. The molecule has 0 aromatic heterocycles. The average Bonchev–Trinajstić information content (AvgIpc) is 3.26. The van der Waals surface area contributed by atoms with Crippen LogP contribution in [-0.4, -0.2) is 56.9 Å². The van der Waals surface area contributed by atoms with Crippen LogP contribution in [-0.2, 0) is 38.1 Å². The predicted octanol–water partition coefficient (Wildman–Crippen LogP) is 3.43. The Morgan fingerprint density at radius 2 is 1.22 bits per heavy atom. The zero-order valence-electron chi connectivity index (χ0n) is 18.3. The average molecular weight is 578 g/mol. The molecule has 0 saturated heterocycles. The molecular weight excluding hydrogens is 552 g/mol. The Balaban J connectivity index is 2.04. The Kier molecular flexibility index (Phi) is 7.24. The third-order valence-corrected chi connectivity index (χ3v) is 8.96. The topological polar surface area (TPSA) is 105 Å². The van der Waals surface area contributed by atoms with Gasteiger partial charge in [0.05, 0.1) is 20.8 Å². The maximum atomic E-state index is 12.9. The Hall–Kier alpha value is -1.68. The van der Waals surface area contributed by atoms with Crippen molar-refractivity contribution >= 4 is 55.7 Å². The summed E-state index contributed by atoms with van der Waals surface area (Å²) >= 11 is 7.11. The molecule has 1 saturated carbocycles. The fraction of sp³-hybridized carbons (Fsp3) is 0.636. The van der Waals surface area contributed by atoms with Gasteiger partial charge in [0.15, 0.2) is 11.2 Å². The molecule has 0 aromatic carbocycles. The summed E-state index contributed by atoms with van der Waals surface area (Å²) < 4.78 is 22.4. The van der Waals surface area contributed by atoms with Crippen LogP contribution in [0.25, 0.3) is 0 Å². The Morgan fingerprint density at radius 3 is 1.50 bits per heavy atom. The number of carbonyl (C=O) groups is 4. The van der Waals surface area contributed by atoms with E-state index in [4.69, 9.17) is 18.9 Å². The van der Waals surface area contributed by atoms with Gasteiger partial charge in [0.2, 0.25) is 0 Å². The molecule has 2 spiro atoms. The smallest absolute Gasteiger partial charge is 0.338 e. The van der Waals surface area contributed by atoms with Gasteiger partial charge in [-0.3, -0.25) is 9.59 Å². The Bertz CT molecular complexity index is 824. The lowest BCUT2D eigenvalue weighted by Gasteiger charge is -2.57. The van der Waals surface area contributed by atoms with E-state index in [0.29, 0.717) is 25.7 Å². The number of hydrogen-bond acceptors (Lipinski definition) is 8. The van der Waals surface area contributed by atoms with Crippen molar-refractivity contribution in [2.75, 3.05) is 0 Å². The summed E-state index contributed by atoms with van der Waals surface area (Å²) in [5, 5.41) is 0. The molecule has 1 fully saturated rings. The summed E-state index contributed by atoms with van der Waals surface area (Å²) in [5.74, 6) is -2.27. The van der Waals surface area contributed by atoms with Crippen LogP contribution in [0.2, 0.25) is 0 Å². The van der Waals surface area contributed by atoms with Crippen LogP contribution in [0.3, 0.4) is 0 Å². The molecule has 1 aliphatic carbocycles. The van der Waals surface area contributed by atoms with Crippen LogP contribution < -0.4 is 0 Å². The molecule has 0 unspecified atom stereocenters. The fourth-order valence-corrected chi connectivity index (χ4v) is 6.37. The first-order valence-electron chi connectivity index (χ1n) is 10.6. The second kappa shape index (κ2) is 9.29. The van der Waals surface area contributed by atoms with Crippen molar-refractivity contribution in [2.45, 2.75) is 86.4 Å². The largest absolute Gasteiger partial charge is 0.457 e. The van der Waals surface area contributed by atoms with Gasteiger partial charge in [-0.25, -0.2) is 9.59 Å². The lowest BCUT2D eigenvalue weighted by atomic mass is 9.64. The van der Waals surface area contributed by atoms with Crippen LogP contribution in [0.4, 0.5) is 0 Å². The fourth-order valence-electron chi connectivity index (χ4n) is 4.42. The molecule has 0 radical (unpaired) electrons. The van der Waals surface area contributed by atoms with E-state index in [1.807, 2.05) is 13.8 Å². The minimum absolute atomic E-state index is 0.216. The maximum Gasteiger partial charge on any atom is 0.338 e. The second-order valence-corrected chi connectivity index (χ2v) is 10.1. The van der Waals surface area contributed by atoms with E-state index in [2.05, 4.69) is 31.9 Å². The number of alkyl halides is 2. The molecule has 10 heteroatoms. The quantitative estimate of drug-likeness (QED) is 0.245. The number of esters is 4. The van der Waals surface area contributed by atoms with E-state index in [1.54, 1.807) is 12.2 Å². The van der Waals surface area contributed by atoms with Gasteiger partial charge in [-0.15, -0.1) is 0 Å². The van der Waals surface area contributed by atoms with E-state index in [9.17, 15) is 19.2 Å². The lowest BCUT2D eigenvalue weighted by molar-refractivity contribution is -0.199. The van der Waals surface area contributed by atoms with Crippen molar-refractivity contribution in [1.29, 1.82) is 0 Å². The van der Waals surface area contributed by atoms with Crippen molar-refractivity contribution < 1.29 is 38.1 Å². The molecule has 6 atom stereocenters. The van der Waals surface area contributed by atoms with E-state index in [0.717, 1.165) is 0 Å². The third kappa shape index (κ3) is 3.93.